The van der Waals surface area contributed by atoms with Gasteiger partial charge in [0.15, 0.2) is 11.5 Å². The smallest absolute Gasteiger partial charge is 0.318 e. The molecule has 1 unspecified atom stereocenters. The van der Waals surface area contributed by atoms with Crippen molar-refractivity contribution in [2.75, 3.05) is 26.3 Å². The van der Waals surface area contributed by atoms with Gasteiger partial charge in [-0.15, -0.1) is 11.3 Å². The summed E-state index contributed by atoms with van der Waals surface area (Å²) < 4.78 is 11.2. The van der Waals surface area contributed by atoms with E-state index in [1.807, 2.05) is 34.7 Å². The van der Waals surface area contributed by atoms with Gasteiger partial charge in [0.05, 0.1) is 6.04 Å². The molecule has 1 saturated heterocycles. The third kappa shape index (κ3) is 3.77. The monoisotopic (exact) mass is 373 g/mol. The summed E-state index contributed by atoms with van der Waals surface area (Å²) in [7, 11) is 0. The summed E-state index contributed by atoms with van der Waals surface area (Å²) in [5.41, 5.74) is 1.13. The maximum Gasteiger partial charge on any atom is 0.318 e. The predicted molar refractivity (Wildman–Crippen MR) is 99.9 cm³/mol. The minimum absolute atomic E-state index is 0.00226. The van der Waals surface area contributed by atoms with E-state index in [4.69, 9.17) is 9.47 Å². The fraction of sp³-hybridized carbons (Fsp3) is 0.474. The number of rotatable bonds is 4. The van der Waals surface area contributed by atoms with Crippen LogP contribution in [0.2, 0.25) is 0 Å². The van der Waals surface area contributed by atoms with Crippen molar-refractivity contribution in [2.24, 2.45) is 0 Å². The molecule has 138 valence electrons. The zero-order chi connectivity index (χ0) is 17.8. The van der Waals surface area contributed by atoms with E-state index in [9.17, 15) is 4.79 Å². The van der Waals surface area contributed by atoms with Gasteiger partial charge in [0.1, 0.15) is 18.2 Å². The first-order chi connectivity index (χ1) is 12.8. The van der Waals surface area contributed by atoms with Crippen LogP contribution in [0.15, 0.2) is 29.8 Å². The molecule has 1 N–H and O–H groups in total. The highest BCUT2D eigenvalue weighted by Gasteiger charge is 2.29. The number of carbonyl (C=O) groups is 1. The standard InChI is InChI=1S/C19H23N3O3S/c23-19(22-9-2-1-3-15(22)18-20-8-12-26-18)21-7-6-14-4-5-16-17(13-14)25-11-10-24-16/h4-5,8,12-13,15H,1-3,6-7,9-11H2,(H,21,23). The summed E-state index contributed by atoms with van der Waals surface area (Å²) in [5, 5.41) is 6.07. The number of hydrogen-bond acceptors (Lipinski definition) is 5. The average molecular weight is 373 g/mol. The van der Waals surface area contributed by atoms with Gasteiger partial charge >= 0.3 is 6.03 Å². The molecule has 3 heterocycles. The van der Waals surface area contributed by atoms with E-state index < -0.39 is 0 Å². The molecular weight excluding hydrogens is 350 g/mol. The number of fused-ring (bicyclic) bond motifs is 1. The number of urea groups is 1. The molecule has 4 rings (SSSR count). The fourth-order valence-corrected chi connectivity index (χ4v) is 4.27. The summed E-state index contributed by atoms with van der Waals surface area (Å²) in [4.78, 5) is 19.0. The molecule has 2 amide bonds. The predicted octanol–water partition coefficient (Wildman–Crippen LogP) is 3.39. The van der Waals surface area contributed by atoms with Gasteiger partial charge in [0.25, 0.3) is 0 Å². The van der Waals surface area contributed by atoms with Crippen LogP contribution >= 0.6 is 11.3 Å². The number of thiazole rings is 1. The Morgan fingerprint density at radius 3 is 3.00 bits per heavy atom. The van der Waals surface area contributed by atoms with Crippen LogP contribution < -0.4 is 14.8 Å². The molecule has 1 aromatic carbocycles. The maximum atomic E-state index is 12.7. The van der Waals surface area contributed by atoms with E-state index >= 15 is 0 Å². The number of hydrogen-bond donors (Lipinski definition) is 1. The second-order valence-electron chi connectivity index (χ2n) is 6.54. The molecule has 0 aliphatic carbocycles. The van der Waals surface area contributed by atoms with Crippen molar-refractivity contribution in [2.45, 2.75) is 31.7 Å². The van der Waals surface area contributed by atoms with Crippen LogP contribution in [0.25, 0.3) is 0 Å². The van der Waals surface area contributed by atoms with Crippen LogP contribution in [0.3, 0.4) is 0 Å². The average Bonchev–Trinajstić information content (AvgIpc) is 3.22. The van der Waals surface area contributed by atoms with Gasteiger partial charge in [-0.1, -0.05) is 6.07 Å². The van der Waals surface area contributed by atoms with E-state index in [2.05, 4.69) is 10.3 Å². The lowest BCUT2D eigenvalue weighted by atomic mass is 10.0. The number of piperidine rings is 1. The van der Waals surface area contributed by atoms with E-state index in [0.717, 1.165) is 54.3 Å². The molecule has 0 saturated carbocycles. The molecule has 1 atom stereocenters. The highest BCUT2D eigenvalue weighted by molar-refractivity contribution is 7.09. The normalized spacial score (nSPS) is 19.2. The van der Waals surface area contributed by atoms with E-state index in [1.54, 1.807) is 11.3 Å². The van der Waals surface area contributed by atoms with Crippen molar-refractivity contribution >= 4 is 17.4 Å². The van der Waals surface area contributed by atoms with Gasteiger partial charge in [-0.05, 0) is 43.4 Å². The Kier molecular flexibility index (Phi) is 5.24. The molecule has 1 aromatic heterocycles. The van der Waals surface area contributed by atoms with Crippen molar-refractivity contribution in [1.82, 2.24) is 15.2 Å². The van der Waals surface area contributed by atoms with Gasteiger partial charge in [-0.2, -0.15) is 0 Å². The minimum atomic E-state index is 0.00226. The zero-order valence-electron chi connectivity index (χ0n) is 14.6. The van der Waals surface area contributed by atoms with Crippen LogP contribution in [0.4, 0.5) is 4.79 Å². The van der Waals surface area contributed by atoms with Crippen molar-refractivity contribution in [3.8, 4) is 11.5 Å². The second-order valence-corrected chi connectivity index (χ2v) is 7.46. The van der Waals surface area contributed by atoms with Gasteiger partial charge in [-0.25, -0.2) is 9.78 Å². The van der Waals surface area contributed by atoms with Crippen molar-refractivity contribution in [3.05, 3.63) is 40.3 Å². The van der Waals surface area contributed by atoms with Crippen LogP contribution in [0, 0.1) is 0 Å². The van der Waals surface area contributed by atoms with Crippen molar-refractivity contribution in [3.63, 3.8) is 0 Å². The van der Waals surface area contributed by atoms with E-state index in [0.29, 0.717) is 19.8 Å². The number of aromatic nitrogens is 1. The molecule has 2 aromatic rings. The lowest BCUT2D eigenvalue weighted by Gasteiger charge is -2.34. The Morgan fingerprint density at radius 1 is 1.27 bits per heavy atom. The van der Waals surface area contributed by atoms with Gasteiger partial charge in [0.2, 0.25) is 0 Å². The first-order valence-corrected chi connectivity index (χ1v) is 10.0. The fourth-order valence-electron chi connectivity index (χ4n) is 3.49. The lowest BCUT2D eigenvalue weighted by Crippen LogP contribution is -2.45. The Hall–Kier alpha value is -2.28. The quantitative estimate of drug-likeness (QED) is 0.892. The second kappa shape index (κ2) is 7.95. The molecule has 26 heavy (non-hydrogen) atoms. The number of amides is 2. The highest BCUT2D eigenvalue weighted by atomic mass is 32.1. The number of likely N-dealkylation sites (tertiary alicyclic amines) is 1. The Labute approximate surface area is 157 Å². The third-order valence-electron chi connectivity index (χ3n) is 4.80. The van der Waals surface area contributed by atoms with Crippen LogP contribution in [-0.2, 0) is 6.42 Å². The van der Waals surface area contributed by atoms with Gasteiger partial charge < -0.3 is 19.7 Å². The van der Waals surface area contributed by atoms with E-state index in [-0.39, 0.29) is 12.1 Å². The number of ether oxygens (including phenoxy) is 2. The molecule has 2 aliphatic heterocycles. The topological polar surface area (TPSA) is 63.7 Å². The number of nitrogens with zero attached hydrogens (tertiary/aromatic N) is 2. The first-order valence-electron chi connectivity index (χ1n) is 9.13. The first kappa shape index (κ1) is 17.1. The largest absolute Gasteiger partial charge is 0.486 e. The molecule has 7 heteroatoms. The Bertz CT molecular complexity index is 750. The lowest BCUT2D eigenvalue weighted by molar-refractivity contribution is 0.151. The highest BCUT2D eigenvalue weighted by Crippen LogP contribution is 2.32. The van der Waals surface area contributed by atoms with Crippen LogP contribution in [0.1, 0.15) is 35.9 Å². The molecule has 6 nitrogen and oxygen atoms in total. The summed E-state index contributed by atoms with van der Waals surface area (Å²) in [6.07, 6.45) is 5.76. The van der Waals surface area contributed by atoms with Gasteiger partial charge in [0, 0.05) is 24.7 Å². The number of carbonyl (C=O) groups excluding carboxylic acids is 1. The van der Waals surface area contributed by atoms with E-state index in [1.165, 1.54) is 0 Å². The van der Waals surface area contributed by atoms with Crippen molar-refractivity contribution in [1.29, 1.82) is 0 Å². The summed E-state index contributed by atoms with van der Waals surface area (Å²) in [6, 6.07) is 6.08. The Morgan fingerprint density at radius 2 is 2.15 bits per heavy atom. The molecule has 2 aliphatic rings. The molecule has 0 bridgehead atoms. The Balaban J connectivity index is 1.33. The summed E-state index contributed by atoms with van der Waals surface area (Å²) >= 11 is 1.63. The zero-order valence-corrected chi connectivity index (χ0v) is 15.5. The molecule has 1 fully saturated rings. The van der Waals surface area contributed by atoms with Crippen LogP contribution in [0.5, 0.6) is 11.5 Å². The molecule has 0 spiro atoms. The molecule has 0 radical (unpaired) electrons. The minimum Gasteiger partial charge on any atom is -0.486 e. The van der Waals surface area contributed by atoms with Gasteiger partial charge in [-0.3, -0.25) is 0 Å². The SMILES string of the molecule is O=C(NCCc1ccc2c(c1)OCCO2)N1CCCCC1c1nccs1. The molecular formula is C19H23N3O3S. The summed E-state index contributed by atoms with van der Waals surface area (Å²) in [6.45, 7) is 2.57. The number of benzene rings is 1. The van der Waals surface area contributed by atoms with Crippen molar-refractivity contribution < 1.29 is 14.3 Å². The number of nitrogens with one attached hydrogen (secondary N) is 1. The summed E-state index contributed by atoms with van der Waals surface area (Å²) in [5.74, 6) is 1.59. The van der Waals surface area contributed by atoms with Crippen LogP contribution in [-0.4, -0.2) is 42.2 Å². The third-order valence-corrected chi connectivity index (χ3v) is 5.67. The maximum absolute atomic E-state index is 12.7.